The lowest BCUT2D eigenvalue weighted by molar-refractivity contribution is 0.0731. The first-order valence-electron chi connectivity index (χ1n) is 8.03. The van der Waals surface area contributed by atoms with Crippen molar-refractivity contribution in [2.75, 3.05) is 0 Å². The molecule has 0 aromatic heterocycles. The van der Waals surface area contributed by atoms with Gasteiger partial charge in [-0.25, -0.2) is 4.79 Å². The molecule has 0 fully saturated rings. The fourth-order valence-electron chi connectivity index (χ4n) is 3.07. The highest BCUT2D eigenvalue weighted by molar-refractivity contribution is 6.31. The summed E-state index contributed by atoms with van der Waals surface area (Å²) in [4.78, 5) is 38.1. The molecule has 6 heteroatoms. The number of esters is 1. The molecule has 0 amide bonds. The number of ketones is 2. The first kappa shape index (κ1) is 16.5. The number of phenols is 2. The Bertz CT molecular complexity index is 1120. The second-order valence-electron chi connectivity index (χ2n) is 5.95. The van der Waals surface area contributed by atoms with Gasteiger partial charge in [0.1, 0.15) is 17.2 Å². The summed E-state index contributed by atoms with van der Waals surface area (Å²) in [5.41, 5.74) is -0.424. The van der Waals surface area contributed by atoms with Crippen LogP contribution in [-0.4, -0.2) is 27.7 Å². The van der Waals surface area contributed by atoms with Crippen molar-refractivity contribution >= 4 is 17.5 Å². The molecule has 0 radical (unpaired) electrons. The van der Waals surface area contributed by atoms with E-state index in [9.17, 15) is 24.6 Å². The van der Waals surface area contributed by atoms with Gasteiger partial charge in [-0.3, -0.25) is 9.59 Å². The Labute approximate surface area is 153 Å². The third-order valence-electron chi connectivity index (χ3n) is 4.33. The lowest BCUT2D eigenvalue weighted by atomic mass is 9.82. The number of rotatable bonds is 2. The highest BCUT2D eigenvalue weighted by Crippen LogP contribution is 2.40. The van der Waals surface area contributed by atoms with E-state index in [4.69, 9.17) is 4.74 Å². The quantitative estimate of drug-likeness (QED) is 0.324. The predicted molar refractivity (Wildman–Crippen MR) is 94.5 cm³/mol. The summed E-state index contributed by atoms with van der Waals surface area (Å²) in [5.74, 6) is -2.95. The molecule has 1 aliphatic carbocycles. The van der Waals surface area contributed by atoms with Gasteiger partial charge in [0.25, 0.3) is 0 Å². The molecule has 0 saturated heterocycles. The zero-order chi connectivity index (χ0) is 19.1. The highest BCUT2D eigenvalue weighted by atomic mass is 16.5. The van der Waals surface area contributed by atoms with Gasteiger partial charge >= 0.3 is 5.97 Å². The van der Waals surface area contributed by atoms with Crippen molar-refractivity contribution in [1.82, 2.24) is 0 Å². The number of fused-ring (bicyclic) bond motifs is 2. The van der Waals surface area contributed by atoms with E-state index >= 15 is 0 Å². The van der Waals surface area contributed by atoms with Crippen molar-refractivity contribution < 1.29 is 29.3 Å². The molecule has 2 N–H and O–H groups in total. The minimum Gasteiger partial charge on any atom is -0.507 e. The van der Waals surface area contributed by atoms with Crippen LogP contribution in [0, 0.1) is 0 Å². The van der Waals surface area contributed by atoms with Gasteiger partial charge in [-0.1, -0.05) is 30.3 Å². The topological polar surface area (TPSA) is 101 Å². The van der Waals surface area contributed by atoms with Crippen molar-refractivity contribution in [3.05, 3.63) is 88.5 Å². The zero-order valence-electron chi connectivity index (χ0n) is 13.8. The van der Waals surface area contributed by atoms with Crippen LogP contribution >= 0.6 is 0 Å². The van der Waals surface area contributed by atoms with Crippen LogP contribution in [0.25, 0.3) is 0 Å². The van der Waals surface area contributed by atoms with Crippen LogP contribution in [0.3, 0.4) is 0 Å². The Kier molecular flexibility index (Phi) is 3.74. The summed E-state index contributed by atoms with van der Waals surface area (Å²) in [5, 5.41) is 20.0. The lowest BCUT2D eigenvalue weighted by Crippen LogP contribution is -2.23. The summed E-state index contributed by atoms with van der Waals surface area (Å²) >= 11 is 0. The van der Waals surface area contributed by atoms with Crippen LogP contribution in [0.4, 0.5) is 0 Å². The average Bonchev–Trinajstić information content (AvgIpc) is 2.68. The van der Waals surface area contributed by atoms with Crippen LogP contribution in [0.15, 0.2) is 60.7 Å². The summed E-state index contributed by atoms with van der Waals surface area (Å²) in [6.45, 7) is 0. The number of aromatic hydroxyl groups is 2. The first-order valence-corrected chi connectivity index (χ1v) is 8.03. The minimum absolute atomic E-state index is 0.00763. The van der Waals surface area contributed by atoms with Gasteiger partial charge in [0.15, 0.2) is 5.78 Å². The SMILES string of the molecule is O=C(Oc1cccc2c1C(=O)c1c(O)ccc(O)c1C2=O)c1ccccc1. The molecule has 0 unspecified atom stereocenters. The molecule has 132 valence electrons. The molecule has 27 heavy (non-hydrogen) atoms. The molecular formula is C21H12O6. The summed E-state index contributed by atoms with van der Waals surface area (Å²) in [7, 11) is 0. The predicted octanol–water partition coefficient (Wildman–Crippen LogP) is 3.09. The van der Waals surface area contributed by atoms with Crippen molar-refractivity contribution in [3.63, 3.8) is 0 Å². The average molecular weight is 360 g/mol. The highest BCUT2D eigenvalue weighted by Gasteiger charge is 2.36. The monoisotopic (exact) mass is 360 g/mol. The third kappa shape index (κ3) is 2.55. The normalized spacial score (nSPS) is 12.3. The maximum atomic E-state index is 13.0. The fourth-order valence-corrected chi connectivity index (χ4v) is 3.07. The second kappa shape index (κ2) is 6.10. The molecule has 0 spiro atoms. The van der Waals surface area contributed by atoms with Gasteiger partial charge in [0, 0.05) is 5.56 Å². The number of ether oxygens (including phenoxy) is 1. The van der Waals surface area contributed by atoms with Gasteiger partial charge in [0.05, 0.1) is 22.3 Å². The molecule has 3 aromatic carbocycles. The Morgan fingerprint density at radius 2 is 1.33 bits per heavy atom. The Balaban J connectivity index is 1.84. The van der Waals surface area contributed by atoms with E-state index in [-0.39, 0.29) is 33.6 Å². The van der Waals surface area contributed by atoms with E-state index in [0.29, 0.717) is 0 Å². The molecule has 3 aromatic rings. The fraction of sp³-hybridized carbons (Fsp3) is 0. The van der Waals surface area contributed by atoms with Crippen LogP contribution in [-0.2, 0) is 0 Å². The number of carbonyl (C=O) groups is 3. The maximum Gasteiger partial charge on any atom is 0.343 e. The van der Waals surface area contributed by atoms with E-state index in [2.05, 4.69) is 0 Å². The van der Waals surface area contributed by atoms with E-state index in [0.717, 1.165) is 12.1 Å². The van der Waals surface area contributed by atoms with E-state index in [1.54, 1.807) is 30.3 Å². The van der Waals surface area contributed by atoms with Gasteiger partial charge in [-0.15, -0.1) is 0 Å². The standard InChI is InChI=1S/C21H12O6/c22-13-9-10-14(23)18-17(13)19(24)12-7-4-8-15(16(12)20(18)25)27-21(26)11-5-2-1-3-6-11/h1-10,22-23H. The largest absolute Gasteiger partial charge is 0.507 e. The van der Waals surface area contributed by atoms with Crippen LogP contribution in [0.1, 0.15) is 42.2 Å². The van der Waals surface area contributed by atoms with Gasteiger partial charge in [0.2, 0.25) is 5.78 Å². The Hall–Kier alpha value is -3.93. The van der Waals surface area contributed by atoms with Crippen LogP contribution in [0.2, 0.25) is 0 Å². The van der Waals surface area contributed by atoms with E-state index in [1.807, 2.05) is 0 Å². The van der Waals surface area contributed by atoms with E-state index < -0.39 is 29.0 Å². The van der Waals surface area contributed by atoms with Crippen molar-refractivity contribution in [1.29, 1.82) is 0 Å². The molecule has 6 nitrogen and oxygen atoms in total. The Morgan fingerprint density at radius 3 is 2.00 bits per heavy atom. The summed E-state index contributed by atoms with van der Waals surface area (Å²) in [6.07, 6.45) is 0. The zero-order valence-corrected chi connectivity index (χ0v) is 13.8. The van der Waals surface area contributed by atoms with Gasteiger partial charge in [-0.05, 0) is 30.3 Å². The Morgan fingerprint density at radius 1 is 0.704 bits per heavy atom. The molecule has 0 atom stereocenters. The van der Waals surface area contributed by atoms with Crippen LogP contribution in [0.5, 0.6) is 17.2 Å². The number of hydrogen-bond acceptors (Lipinski definition) is 6. The first-order chi connectivity index (χ1) is 13.0. The third-order valence-corrected chi connectivity index (χ3v) is 4.33. The molecule has 4 rings (SSSR count). The lowest BCUT2D eigenvalue weighted by Gasteiger charge is -2.21. The molecule has 0 heterocycles. The van der Waals surface area contributed by atoms with E-state index in [1.165, 1.54) is 18.2 Å². The molecule has 0 saturated carbocycles. The number of benzene rings is 3. The second-order valence-corrected chi connectivity index (χ2v) is 5.95. The number of hydrogen-bond donors (Lipinski definition) is 2. The van der Waals surface area contributed by atoms with Crippen LogP contribution < -0.4 is 4.74 Å². The minimum atomic E-state index is -0.704. The van der Waals surface area contributed by atoms with Gasteiger partial charge in [-0.2, -0.15) is 0 Å². The molecule has 0 aliphatic heterocycles. The molecule has 1 aliphatic rings. The molecular weight excluding hydrogens is 348 g/mol. The van der Waals surface area contributed by atoms with Crippen molar-refractivity contribution in [2.24, 2.45) is 0 Å². The molecule has 0 bridgehead atoms. The number of carbonyl (C=O) groups excluding carboxylic acids is 3. The summed E-state index contributed by atoms with van der Waals surface area (Å²) < 4.78 is 5.35. The maximum absolute atomic E-state index is 13.0. The summed E-state index contributed by atoms with van der Waals surface area (Å²) in [6, 6.07) is 14.8. The van der Waals surface area contributed by atoms with Gasteiger partial charge < -0.3 is 14.9 Å². The smallest absolute Gasteiger partial charge is 0.343 e. The van der Waals surface area contributed by atoms with Crippen molar-refractivity contribution in [2.45, 2.75) is 0 Å². The number of phenolic OH excluding ortho intramolecular Hbond substituents is 2. The van der Waals surface area contributed by atoms with Crippen molar-refractivity contribution in [3.8, 4) is 17.2 Å².